The fourth-order valence-corrected chi connectivity index (χ4v) is 1.84. The molecular weight excluding hydrogens is 166 g/mol. The molecule has 0 radical (unpaired) electrons. The molecule has 3 unspecified atom stereocenters. The van der Waals surface area contributed by atoms with Gasteiger partial charge < -0.3 is 14.9 Å². The van der Waals surface area contributed by atoms with E-state index >= 15 is 0 Å². The summed E-state index contributed by atoms with van der Waals surface area (Å²) in [7, 11) is 0. The van der Waals surface area contributed by atoms with Crippen LogP contribution in [0.3, 0.4) is 0 Å². The summed E-state index contributed by atoms with van der Waals surface area (Å²) in [6, 6.07) is 1.98. The zero-order chi connectivity index (χ0) is 9.26. The zero-order valence-corrected chi connectivity index (χ0v) is 7.77. The minimum absolute atomic E-state index is 0.0590. The van der Waals surface area contributed by atoms with Gasteiger partial charge in [-0.2, -0.15) is 0 Å². The summed E-state index contributed by atoms with van der Waals surface area (Å²) < 4.78 is 10.5. The van der Waals surface area contributed by atoms with E-state index in [0.717, 1.165) is 18.6 Å². The van der Waals surface area contributed by atoms with Gasteiger partial charge in [0.05, 0.1) is 25.2 Å². The summed E-state index contributed by atoms with van der Waals surface area (Å²) in [6.45, 7) is 2.86. The van der Waals surface area contributed by atoms with Crippen molar-refractivity contribution in [1.82, 2.24) is 0 Å². The van der Waals surface area contributed by atoms with Gasteiger partial charge in [-0.3, -0.25) is 0 Å². The molecule has 0 aromatic carbocycles. The van der Waals surface area contributed by atoms with E-state index in [1.165, 1.54) is 0 Å². The highest BCUT2D eigenvalue weighted by Crippen LogP contribution is 2.29. The standard InChI is InChI=1S/C10H15NO2/c1-7-4-9(6-13-7)10(11)8-2-3-12-5-8/h2-3,5,7,9-10H,4,6,11H2,1H3. The van der Waals surface area contributed by atoms with E-state index in [-0.39, 0.29) is 6.04 Å². The van der Waals surface area contributed by atoms with Gasteiger partial charge >= 0.3 is 0 Å². The van der Waals surface area contributed by atoms with Crippen molar-refractivity contribution >= 4 is 0 Å². The molecule has 1 aromatic heterocycles. The maximum absolute atomic E-state index is 6.07. The van der Waals surface area contributed by atoms with Crippen molar-refractivity contribution in [2.45, 2.75) is 25.5 Å². The fraction of sp³-hybridized carbons (Fsp3) is 0.600. The number of furan rings is 1. The molecule has 0 bridgehead atoms. The van der Waals surface area contributed by atoms with Crippen molar-refractivity contribution in [1.29, 1.82) is 0 Å². The van der Waals surface area contributed by atoms with Crippen LogP contribution in [-0.4, -0.2) is 12.7 Å². The van der Waals surface area contributed by atoms with Gasteiger partial charge in [-0.1, -0.05) is 0 Å². The highest BCUT2D eigenvalue weighted by Gasteiger charge is 2.28. The van der Waals surface area contributed by atoms with Gasteiger partial charge in [-0.15, -0.1) is 0 Å². The Morgan fingerprint density at radius 3 is 3.00 bits per heavy atom. The van der Waals surface area contributed by atoms with Crippen LogP contribution in [0.5, 0.6) is 0 Å². The van der Waals surface area contributed by atoms with Crippen LogP contribution in [0, 0.1) is 5.92 Å². The van der Waals surface area contributed by atoms with E-state index in [1.54, 1.807) is 12.5 Å². The molecule has 2 heterocycles. The van der Waals surface area contributed by atoms with Crippen molar-refractivity contribution in [3.63, 3.8) is 0 Å². The number of rotatable bonds is 2. The van der Waals surface area contributed by atoms with Crippen molar-refractivity contribution in [2.24, 2.45) is 11.7 Å². The zero-order valence-electron chi connectivity index (χ0n) is 7.77. The molecule has 1 fully saturated rings. The first-order valence-corrected chi connectivity index (χ1v) is 4.66. The SMILES string of the molecule is CC1CC(C(N)c2ccoc2)CO1. The summed E-state index contributed by atoms with van der Waals surface area (Å²) in [5, 5.41) is 0. The van der Waals surface area contributed by atoms with Gasteiger partial charge in [0, 0.05) is 17.5 Å². The lowest BCUT2D eigenvalue weighted by molar-refractivity contribution is 0.118. The molecule has 0 amide bonds. The Morgan fingerprint density at radius 2 is 2.46 bits per heavy atom. The molecule has 2 N–H and O–H groups in total. The maximum Gasteiger partial charge on any atom is 0.0950 e. The van der Waals surface area contributed by atoms with Crippen molar-refractivity contribution < 1.29 is 9.15 Å². The molecule has 0 aliphatic carbocycles. The van der Waals surface area contributed by atoms with E-state index in [9.17, 15) is 0 Å². The molecule has 0 spiro atoms. The minimum atomic E-state index is 0.0590. The largest absolute Gasteiger partial charge is 0.472 e. The lowest BCUT2D eigenvalue weighted by atomic mass is 9.93. The molecule has 2 rings (SSSR count). The lowest BCUT2D eigenvalue weighted by Gasteiger charge is -2.15. The first-order chi connectivity index (χ1) is 6.27. The Kier molecular flexibility index (Phi) is 2.38. The number of nitrogens with two attached hydrogens (primary N) is 1. The Bertz CT molecular complexity index is 258. The average Bonchev–Trinajstić information content (AvgIpc) is 2.72. The van der Waals surface area contributed by atoms with Crippen LogP contribution in [0.4, 0.5) is 0 Å². The quantitative estimate of drug-likeness (QED) is 0.755. The van der Waals surface area contributed by atoms with Crippen LogP contribution >= 0.6 is 0 Å². The summed E-state index contributed by atoms with van der Waals surface area (Å²) in [6.07, 6.45) is 4.77. The number of hydrogen-bond acceptors (Lipinski definition) is 3. The van der Waals surface area contributed by atoms with E-state index in [1.807, 2.05) is 6.07 Å². The molecule has 13 heavy (non-hydrogen) atoms. The van der Waals surface area contributed by atoms with E-state index in [2.05, 4.69) is 6.92 Å². The second-order valence-electron chi connectivity index (χ2n) is 3.72. The van der Waals surface area contributed by atoms with Crippen LogP contribution in [0.2, 0.25) is 0 Å². The van der Waals surface area contributed by atoms with Crippen LogP contribution in [-0.2, 0) is 4.74 Å². The van der Waals surface area contributed by atoms with Gasteiger partial charge in [0.15, 0.2) is 0 Å². The molecule has 1 saturated heterocycles. The third kappa shape index (κ3) is 1.76. The summed E-state index contributed by atoms with van der Waals surface area (Å²) in [4.78, 5) is 0. The second-order valence-corrected chi connectivity index (χ2v) is 3.72. The molecule has 1 aromatic rings. The Balaban J connectivity index is 2.02. The average molecular weight is 181 g/mol. The van der Waals surface area contributed by atoms with Gasteiger partial charge in [0.2, 0.25) is 0 Å². The molecule has 3 heteroatoms. The molecule has 3 atom stereocenters. The normalized spacial score (nSPS) is 30.6. The Hall–Kier alpha value is -0.800. The maximum atomic E-state index is 6.07. The summed E-state index contributed by atoms with van der Waals surface area (Å²) >= 11 is 0. The highest BCUT2D eigenvalue weighted by molar-refractivity contribution is 5.12. The Labute approximate surface area is 77.9 Å². The highest BCUT2D eigenvalue weighted by atomic mass is 16.5. The van der Waals surface area contributed by atoms with Crippen LogP contribution in [0.15, 0.2) is 23.0 Å². The predicted octanol–water partition coefficient (Wildman–Crippen LogP) is 1.70. The molecular formula is C10H15NO2. The van der Waals surface area contributed by atoms with E-state index < -0.39 is 0 Å². The summed E-state index contributed by atoms with van der Waals surface area (Å²) in [5.74, 6) is 0.438. The molecule has 1 aliphatic heterocycles. The lowest BCUT2D eigenvalue weighted by Crippen LogP contribution is -2.21. The minimum Gasteiger partial charge on any atom is -0.472 e. The van der Waals surface area contributed by atoms with Crippen molar-refractivity contribution in [3.05, 3.63) is 24.2 Å². The monoisotopic (exact) mass is 181 g/mol. The first kappa shape index (κ1) is 8.78. The van der Waals surface area contributed by atoms with Crippen LogP contribution < -0.4 is 5.73 Å². The van der Waals surface area contributed by atoms with Crippen molar-refractivity contribution in [3.8, 4) is 0 Å². The smallest absolute Gasteiger partial charge is 0.0950 e. The number of ether oxygens (including phenoxy) is 1. The third-order valence-electron chi connectivity index (χ3n) is 2.67. The number of hydrogen-bond donors (Lipinski definition) is 1. The van der Waals surface area contributed by atoms with Crippen LogP contribution in [0.25, 0.3) is 0 Å². The van der Waals surface area contributed by atoms with Crippen molar-refractivity contribution in [2.75, 3.05) is 6.61 Å². The van der Waals surface area contributed by atoms with E-state index in [0.29, 0.717) is 12.0 Å². The second kappa shape index (κ2) is 3.52. The van der Waals surface area contributed by atoms with Gasteiger partial charge in [-0.25, -0.2) is 0 Å². The molecule has 1 aliphatic rings. The molecule has 72 valence electrons. The predicted molar refractivity (Wildman–Crippen MR) is 49.2 cm³/mol. The van der Waals surface area contributed by atoms with Gasteiger partial charge in [0.25, 0.3) is 0 Å². The van der Waals surface area contributed by atoms with E-state index in [4.69, 9.17) is 14.9 Å². The van der Waals surface area contributed by atoms with Gasteiger partial charge in [-0.05, 0) is 19.4 Å². The fourth-order valence-electron chi connectivity index (χ4n) is 1.84. The third-order valence-corrected chi connectivity index (χ3v) is 2.67. The summed E-state index contributed by atoms with van der Waals surface area (Å²) in [5.41, 5.74) is 7.14. The first-order valence-electron chi connectivity index (χ1n) is 4.66. The Morgan fingerprint density at radius 1 is 1.62 bits per heavy atom. The van der Waals surface area contributed by atoms with Crippen LogP contribution in [0.1, 0.15) is 24.9 Å². The molecule has 0 saturated carbocycles. The topological polar surface area (TPSA) is 48.4 Å². The van der Waals surface area contributed by atoms with Gasteiger partial charge in [0.1, 0.15) is 0 Å². The molecule has 3 nitrogen and oxygen atoms in total.